The van der Waals surface area contributed by atoms with Crippen molar-refractivity contribution >= 4 is 10.0 Å². The Morgan fingerprint density at radius 1 is 1.12 bits per heavy atom. The molecule has 5 nitrogen and oxygen atoms in total. The van der Waals surface area contributed by atoms with E-state index in [-0.39, 0.29) is 11.4 Å². The molecule has 24 heavy (non-hydrogen) atoms. The van der Waals surface area contributed by atoms with Crippen LogP contribution in [0.2, 0.25) is 0 Å². The Labute approximate surface area is 142 Å². The van der Waals surface area contributed by atoms with E-state index >= 15 is 0 Å². The van der Waals surface area contributed by atoms with Crippen LogP contribution in [0, 0.1) is 0 Å². The van der Waals surface area contributed by atoms with E-state index in [0.717, 1.165) is 12.0 Å². The highest BCUT2D eigenvalue weighted by Gasteiger charge is 2.33. The van der Waals surface area contributed by atoms with E-state index in [9.17, 15) is 13.5 Å². The third-order valence-corrected chi connectivity index (χ3v) is 5.88. The average molecular weight is 347 g/mol. The van der Waals surface area contributed by atoms with Crippen molar-refractivity contribution in [1.29, 1.82) is 0 Å². The number of aryl methyl sites for hydroxylation is 1. The molecule has 1 aliphatic carbocycles. The van der Waals surface area contributed by atoms with E-state index < -0.39 is 15.6 Å². The van der Waals surface area contributed by atoms with Crippen LogP contribution in [0.4, 0.5) is 0 Å². The number of aliphatic hydroxyl groups is 1. The van der Waals surface area contributed by atoms with Crippen molar-refractivity contribution in [2.75, 3.05) is 13.7 Å². The van der Waals surface area contributed by atoms with Crippen LogP contribution in [0.15, 0.2) is 53.4 Å². The van der Waals surface area contributed by atoms with E-state index in [2.05, 4.69) is 10.8 Å². The van der Waals surface area contributed by atoms with Crippen molar-refractivity contribution < 1.29 is 18.3 Å². The first-order valence-electron chi connectivity index (χ1n) is 7.85. The Kier molecular flexibility index (Phi) is 4.62. The van der Waals surface area contributed by atoms with Gasteiger partial charge < -0.3 is 9.84 Å². The Morgan fingerprint density at radius 2 is 1.79 bits per heavy atom. The van der Waals surface area contributed by atoms with Gasteiger partial charge in [0.1, 0.15) is 5.75 Å². The van der Waals surface area contributed by atoms with E-state index in [1.54, 1.807) is 12.1 Å². The summed E-state index contributed by atoms with van der Waals surface area (Å²) >= 11 is 0. The summed E-state index contributed by atoms with van der Waals surface area (Å²) in [5.41, 5.74) is 1.24. The largest absolute Gasteiger partial charge is 0.497 e. The predicted octanol–water partition coefficient (Wildman–Crippen LogP) is 1.89. The minimum Gasteiger partial charge on any atom is -0.497 e. The summed E-state index contributed by atoms with van der Waals surface area (Å²) in [4.78, 5) is 0.156. The summed E-state index contributed by atoms with van der Waals surface area (Å²) in [5, 5.41) is 10.8. The highest BCUT2D eigenvalue weighted by molar-refractivity contribution is 7.89. The molecule has 2 N–H and O–H groups in total. The number of sulfonamides is 1. The molecule has 2 aromatic carbocycles. The maximum absolute atomic E-state index is 12.4. The van der Waals surface area contributed by atoms with Crippen molar-refractivity contribution in [1.82, 2.24) is 4.72 Å². The molecule has 6 heteroatoms. The van der Waals surface area contributed by atoms with Gasteiger partial charge in [-0.1, -0.05) is 24.3 Å². The highest BCUT2D eigenvalue weighted by Crippen LogP contribution is 2.28. The first kappa shape index (κ1) is 17.0. The summed E-state index contributed by atoms with van der Waals surface area (Å²) in [6.07, 6.45) is 1.74. The SMILES string of the molecule is COc1ccc(S(=O)(=O)NCC2(O)CCc3ccccc3C2)cc1. The number of fused-ring (bicyclic) bond motifs is 1. The molecule has 2 aromatic rings. The summed E-state index contributed by atoms with van der Waals surface area (Å²) in [5.74, 6) is 0.594. The monoisotopic (exact) mass is 347 g/mol. The van der Waals surface area contributed by atoms with Crippen molar-refractivity contribution in [3.8, 4) is 5.75 Å². The van der Waals surface area contributed by atoms with Crippen LogP contribution in [-0.2, 0) is 22.9 Å². The van der Waals surface area contributed by atoms with Gasteiger partial charge >= 0.3 is 0 Å². The van der Waals surface area contributed by atoms with Crippen LogP contribution in [0.1, 0.15) is 17.5 Å². The summed E-state index contributed by atoms with van der Waals surface area (Å²) < 4.78 is 32.4. The maximum Gasteiger partial charge on any atom is 0.240 e. The first-order valence-corrected chi connectivity index (χ1v) is 9.33. The van der Waals surface area contributed by atoms with Crippen molar-refractivity contribution in [2.45, 2.75) is 29.8 Å². The molecule has 0 saturated heterocycles. The zero-order valence-electron chi connectivity index (χ0n) is 13.5. The second-order valence-electron chi connectivity index (χ2n) is 6.17. The lowest BCUT2D eigenvalue weighted by Crippen LogP contribution is -2.46. The Bertz CT molecular complexity index is 817. The lowest BCUT2D eigenvalue weighted by Gasteiger charge is -2.33. The number of hydrogen-bond donors (Lipinski definition) is 2. The third-order valence-electron chi connectivity index (χ3n) is 4.46. The van der Waals surface area contributed by atoms with E-state index in [4.69, 9.17) is 4.74 Å². The number of methoxy groups -OCH3 is 1. The Balaban J connectivity index is 1.70. The van der Waals surface area contributed by atoms with Crippen molar-refractivity contribution in [3.63, 3.8) is 0 Å². The van der Waals surface area contributed by atoms with Gasteiger partial charge in [0, 0.05) is 13.0 Å². The Morgan fingerprint density at radius 3 is 2.46 bits per heavy atom. The minimum atomic E-state index is -3.67. The normalized spacial score (nSPS) is 20.4. The molecule has 0 fully saturated rings. The number of nitrogens with one attached hydrogen (secondary N) is 1. The molecule has 0 aliphatic heterocycles. The number of ether oxygens (including phenoxy) is 1. The van der Waals surface area contributed by atoms with Gasteiger partial charge in [0.15, 0.2) is 0 Å². The van der Waals surface area contributed by atoms with Crippen LogP contribution < -0.4 is 9.46 Å². The predicted molar refractivity (Wildman–Crippen MR) is 91.6 cm³/mol. The molecule has 0 radical (unpaired) electrons. The van der Waals surface area contributed by atoms with Gasteiger partial charge in [-0.15, -0.1) is 0 Å². The smallest absolute Gasteiger partial charge is 0.240 e. The lowest BCUT2D eigenvalue weighted by molar-refractivity contribution is 0.0317. The summed E-state index contributed by atoms with van der Waals surface area (Å²) in [6, 6.07) is 14.1. The van der Waals surface area contributed by atoms with Crippen LogP contribution >= 0.6 is 0 Å². The molecular weight excluding hydrogens is 326 g/mol. The summed E-state index contributed by atoms with van der Waals surface area (Å²) in [6.45, 7) is -0.00427. The molecule has 0 amide bonds. The van der Waals surface area contributed by atoms with Crippen LogP contribution in [0.5, 0.6) is 5.75 Å². The summed E-state index contributed by atoms with van der Waals surface area (Å²) in [7, 11) is -2.14. The van der Waals surface area contributed by atoms with Gasteiger partial charge in [0.2, 0.25) is 10.0 Å². The van der Waals surface area contributed by atoms with Gasteiger partial charge in [0.05, 0.1) is 17.6 Å². The highest BCUT2D eigenvalue weighted by atomic mass is 32.2. The fourth-order valence-electron chi connectivity index (χ4n) is 3.00. The zero-order valence-corrected chi connectivity index (χ0v) is 14.3. The average Bonchev–Trinajstić information content (AvgIpc) is 2.60. The molecule has 0 heterocycles. The zero-order chi connectivity index (χ0) is 17.2. The molecule has 0 aromatic heterocycles. The van der Waals surface area contributed by atoms with E-state index in [0.29, 0.717) is 18.6 Å². The second-order valence-corrected chi connectivity index (χ2v) is 7.94. The van der Waals surface area contributed by atoms with E-state index in [1.165, 1.54) is 24.8 Å². The molecule has 1 aliphatic rings. The Hall–Kier alpha value is -1.89. The van der Waals surface area contributed by atoms with Crippen LogP contribution in [0.25, 0.3) is 0 Å². The molecule has 1 unspecified atom stereocenters. The van der Waals surface area contributed by atoms with Gasteiger partial charge in [-0.2, -0.15) is 0 Å². The topological polar surface area (TPSA) is 75.6 Å². The molecule has 1 atom stereocenters. The van der Waals surface area contributed by atoms with E-state index in [1.807, 2.05) is 18.2 Å². The van der Waals surface area contributed by atoms with Crippen molar-refractivity contribution in [3.05, 3.63) is 59.7 Å². The molecule has 0 bridgehead atoms. The third kappa shape index (κ3) is 3.61. The van der Waals surface area contributed by atoms with Crippen LogP contribution in [0.3, 0.4) is 0 Å². The van der Waals surface area contributed by atoms with Gasteiger partial charge in [0.25, 0.3) is 0 Å². The fourth-order valence-corrected chi connectivity index (χ4v) is 4.12. The maximum atomic E-state index is 12.4. The standard InChI is InChI=1S/C18H21NO4S/c1-23-16-6-8-17(9-7-16)24(21,22)19-13-18(20)11-10-14-4-2-3-5-15(14)12-18/h2-9,19-20H,10-13H2,1H3. The van der Waals surface area contributed by atoms with Gasteiger partial charge in [-0.05, 0) is 48.2 Å². The quantitative estimate of drug-likeness (QED) is 0.866. The second kappa shape index (κ2) is 6.55. The molecular formula is C18H21NO4S. The number of benzene rings is 2. The molecule has 0 saturated carbocycles. The van der Waals surface area contributed by atoms with Gasteiger partial charge in [-0.25, -0.2) is 13.1 Å². The minimum absolute atomic E-state index is 0.00427. The first-order chi connectivity index (χ1) is 11.4. The lowest BCUT2D eigenvalue weighted by atomic mass is 9.80. The molecule has 0 spiro atoms. The molecule has 3 rings (SSSR count). The number of rotatable bonds is 5. The van der Waals surface area contributed by atoms with Gasteiger partial charge in [-0.3, -0.25) is 0 Å². The van der Waals surface area contributed by atoms with Crippen molar-refractivity contribution in [2.24, 2.45) is 0 Å². The molecule has 128 valence electrons. The van der Waals surface area contributed by atoms with Crippen LogP contribution in [-0.4, -0.2) is 32.8 Å². The number of hydrogen-bond acceptors (Lipinski definition) is 4. The fraction of sp³-hybridized carbons (Fsp3) is 0.333.